The number of pyridine rings is 1. The molecule has 34 heavy (non-hydrogen) atoms. The molecule has 1 aliphatic rings. The van der Waals surface area contributed by atoms with E-state index in [1.54, 1.807) is 18.3 Å². The monoisotopic (exact) mass is 457 g/mol. The van der Waals surface area contributed by atoms with E-state index in [2.05, 4.69) is 54.6 Å². The smallest absolute Gasteiger partial charge is 0.227 e. The third-order valence-electron chi connectivity index (χ3n) is 6.04. The van der Waals surface area contributed by atoms with Crippen LogP contribution in [0, 0.1) is 5.92 Å². The molecule has 6 nitrogen and oxygen atoms in total. The molecule has 1 aliphatic carbocycles. The van der Waals surface area contributed by atoms with Crippen LogP contribution in [0.2, 0.25) is 0 Å². The zero-order valence-electron chi connectivity index (χ0n) is 20.1. The van der Waals surface area contributed by atoms with Crippen molar-refractivity contribution < 1.29 is 14.3 Å². The molecule has 0 fully saturated rings. The standard InChI is InChI=1S/C28H31N3O3/c1-18(32)30-26-17-25(12-13-29-26)34-24-11-10-19-8-9-20(14-21(19)15-24)27(33)31-23-7-5-6-22(16-23)28(2,3)4/h5-7,10-13,15-17,20H,8-9,14H2,1-4H3,(H,31,33)(H,29,30,32). The van der Waals surface area contributed by atoms with E-state index in [9.17, 15) is 9.59 Å². The first-order valence-electron chi connectivity index (χ1n) is 11.6. The molecular formula is C28H31N3O3. The van der Waals surface area contributed by atoms with Gasteiger partial charge in [0.1, 0.15) is 17.3 Å². The summed E-state index contributed by atoms with van der Waals surface area (Å²) in [5, 5.41) is 5.78. The maximum Gasteiger partial charge on any atom is 0.227 e. The van der Waals surface area contributed by atoms with Crippen LogP contribution in [-0.2, 0) is 27.8 Å². The molecule has 1 unspecified atom stereocenters. The van der Waals surface area contributed by atoms with E-state index in [1.807, 2.05) is 24.3 Å². The van der Waals surface area contributed by atoms with E-state index in [0.29, 0.717) is 23.7 Å². The Morgan fingerprint density at radius 1 is 0.971 bits per heavy atom. The first kappa shape index (κ1) is 23.5. The van der Waals surface area contributed by atoms with E-state index in [4.69, 9.17) is 4.74 Å². The van der Waals surface area contributed by atoms with Gasteiger partial charge in [0, 0.05) is 30.8 Å². The molecule has 0 radical (unpaired) electrons. The maximum absolute atomic E-state index is 13.1. The topological polar surface area (TPSA) is 80.3 Å². The van der Waals surface area contributed by atoms with E-state index in [0.717, 1.165) is 24.1 Å². The Labute approximate surface area is 200 Å². The molecule has 176 valence electrons. The quantitative estimate of drug-likeness (QED) is 0.502. The van der Waals surface area contributed by atoms with Crippen LogP contribution in [0.25, 0.3) is 0 Å². The molecule has 1 heterocycles. The number of ether oxygens (including phenoxy) is 1. The highest BCUT2D eigenvalue weighted by atomic mass is 16.5. The average molecular weight is 458 g/mol. The molecule has 1 aromatic heterocycles. The number of benzene rings is 2. The molecule has 4 rings (SSSR count). The van der Waals surface area contributed by atoms with Crippen LogP contribution in [0.1, 0.15) is 50.8 Å². The van der Waals surface area contributed by atoms with Crippen LogP contribution >= 0.6 is 0 Å². The summed E-state index contributed by atoms with van der Waals surface area (Å²) in [6.45, 7) is 7.93. The highest BCUT2D eigenvalue weighted by Gasteiger charge is 2.25. The first-order valence-corrected chi connectivity index (χ1v) is 11.6. The summed E-state index contributed by atoms with van der Waals surface area (Å²) < 4.78 is 6.01. The fraction of sp³-hybridized carbons (Fsp3) is 0.321. The number of carbonyl (C=O) groups excluding carboxylic acids is 2. The number of hydrogen-bond acceptors (Lipinski definition) is 4. The third-order valence-corrected chi connectivity index (χ3v) is 6.04. The molecule has 0 saturated heterocycles. The molecule has 0 saturated carbocycles. The van der Waals surface area contributed by atoms with Gasteiger partial charge in [0.15, 0.2) is 0 Å². The zero-order valence-corrected chi connectivity index (χ0v) is 20.1. The lowest BCUT2D eigenvalue weighted by molar-refractivity contribution is -0.120. The van der Waals surface area contributed by atoms with Crippen LogP contribution in [0.15, 0.2) is 60.8 Å². The number of aromatic nitrogens is 1. The zero-order chi connectivity index (χ0) is 24.3. The first-order chi connectivity index (χ1) is 16.2. The van der Waals surface area contributed by atoms with Gasteiger partial charge < -0.3 is 15.4 Å². The average Bonchev–Trinajstić information content (AvgIpc) is 2.78. The number of hydrogen-bond donors (Lipinski definition) is 2. The predicted molar refractivity (Wildman–Crippen MR) is 134 cm³/mol. The summed E-state index contributed by atoms with van der Waals surface area (Å²) in [7, 11) is 0. The second kappa shape index (κ2) is 9.67. The Kier molecular flexibility index (Phi) is 6.68. The lowest BCUT2D eigenvalue weighted by Gasteiger charge is -2.25. The number of fused-ring (bicyclic) bond motifs is 1. The molecule has 0 spiro atoms. The number of nitrogens with one attached hydrogen (secondary N) is 2. The minimum atomic E-state index is -0.187. The largest absolute Gasteiger partial charge is 0.457 e. The lowest BCUT2D eigenvalue weighted by atomic mass is 9.83. The van der Waals surface area contributed by atoms with Crippen molar-refractivity contribution in [1.29, 1.82) is 0 Å². The van der Waals surface area contributed by atoms with Crippen LogP contribution in [-0.4, -0.2) is 16.8 Å². The molecule has 2 N–H and O–H groups in total. The van der Waals surface area contributed by atoms with Gasteiger partial charge in [-0.25, -0.2) is 4.98 Å². The van der Waals surface area contributed by atoms with Gasteiger partial charge in [-0.15, -0.1) is 0 Å². The highest BCUT2D eigenvalue weighted by Crippen LogP contribution is 2.32. The van der Waals surface area contributed by atoms with E-state index >= 15 is 0 Å². The molecular weight excluding hydrogens is 426 g/mol. The number of aryl methyl sites for hydroxylation is 1. The predicted octanol–water partition coefficient (Wildman–Crippen LogP) is 5.87. The van der Waals surface area contributed by atoms with Gasteiger partial charge in [0.25, 0.3) is 0 Å². The number of amides is 2. The van der Waals surface area contributed by atoms with Crippen LogP contribution in [0.5, 0.6) is 11.5 Å². The van der Waals surface area contributed by atoms with Crippen molar-refractivity contribution in [2.75, 3.05) is 10.6 Å². The summed E-state index contributed by atoms with van der Waals surface area (Å²) in [6.07, 6.45) is 3.94. The second-order valence-electron chi connectivity index (χ2n) is 9.85. The van der Waals surface area contributed by atoms with Crippen molar-refractivity contribution >= 4 is 23.3 Å². The summed E-state index contributed by atoms with van der Waals surface area (Å²) in [5.74, 6) is 1.49. The van der Waals surface area contributed by atoms with Crippen molar-refractivity contribution in [3.8, 4) is 11.5 Å². The number of carbonyl (C=O) groups is 2. The van der Waals surface area contributed by atoms with Gasteiger partial charge in [0.2, 0.25) is 11.8 Å². The van der Waals surface area contributed by atoms with Crippen LogP contribution in [0.4, 0.5) is 11.5 Å². The summed E-state index contributed by atoms with van der Waals surface area (Å²) in [6, 6.07) is 17.5. The van der Waals surface area contributed by atoms with Gasteiger partial charge >= 0.3 is 0 Å². The fourth-order valence-corrected chi connectivity index (χ4v) is 4.19. The van der Waals surface area contributed by atoms with E-state index < -0.39 is 0 Å². The van der Waals surface area contributed by atoms with Gasteiger partial charge in [0.05, 0.1) is 0 Å². The van der Waals surface area contributed by atoms with Gasteiger partial charge in [-0.05, 0) is 71.7 Å². The third kappa shape index (κ3) is 5.81. The van der Waals surface area contributed by atoms with Crippen molar-refractivity contribution in [1.82, 2.24) is 4.98 Å². The molecule has 6 heteroatoms. The molecule has 0 bridgehead atoms. The molecule has 1 atom stereocenters. The molecule has 2 amide bonds. The van der Waals surface area contributed by atoms with Crippen LogP contribution in [0.3, 0.4) is 0 Å². The fourth-order valence-electron chi connectivity index (χ4n) is 4.19. The minimum Gasteiger partial charge on any atom is -0.457 e. The van der Waals surface area contributed by atoms with Gasteiger partial charge in [-0.3, -0.25) is 9.59 Å². The lowest BCUT2D eigenvalue weighted by Crippen LogP contribution is -2.28. The number of anilines is 2. The van der Waals surface area contributed by atoms with Gasteiger partial charge in [-0.1, -0.05) is 39.0 Å². The number of nitrogens with zero attached hydrogens (tertiary/aromatic N) is 1. The van der Waals surface area contributed by atoms with Crippen molar-refractivity contribution in [3.05, 3.63) is 77.5 Å². The van der Waals surface area contributed by atoms with Gasteiger partial charge in [-0.2, -0.15) is 0 Å². The Hall–Kier alpha value is -3.67. The second-order valence-corrected chi connectivity index (χ2v) is 9.85. The summed E-state index contributed by atoms with van der Waals surface area (Å²) >= 11 is 0. The number of rotatable bonds is 5. The minimum absolute atomic E-state index is 0.0264. The Morgan fingerprint density at radius 2 is 1.76 bits per heavy atom. The normalized spacial score (nSPS) is 15.2. The highest BCUT2D eigenvalue weighted by molar-refractivity contribution is 5.93. The van der Waals surface area contributed by atoms with Crippen molar-refractivity contribution in [3.63, 3.8) is 0 Å². The molecule has 3 aromatic rings. The Morgan fingerprint density at radius 3 is 2.53 bits per heavy atom. The molecule has 0 aliphatic heterocycles. The van der Waals surface area contributed by atoms with Crippen molar-refractivity contribution in [2.45, 2.75) is 52.4 Å². The maximum atomic E-state index is 13.1. The molecule has 2 aromatic carbocycles. The Balaban J connectivity index is 1.44. The SMILES string of the molecule is CC(=O)Nc1cc(Oc2ccc3c(c2)CC(C(=O)Nc2cccc(C(C)(C)C)c2)CC3)ccn1. The Bertz CT molecular complexity index is 1210. The van der Waals surface area contributed by atoms with E-state index in [1.165, 1.54) is 18.1 Å². The van der Waals surface area contributed by atoms with Crippen LogP contribution < -0.4 is 15.4 Å². The summed E-state index contributed by atoms with van der Waals surface area (Å²) in [5.41, 5.74) is 4.44. The summed E-state index contributed by atoms with van der Waals surface area (Å²) in [4.78, 5) is 28.5. The van der Waals surface area contributed by atoms with E-state index in [-0.39, 0.29) is 23.1 Å². The van der Waals surface area contributed by atoms with Crippen molar-refractivity contribution in [2.24, 2.45) is 5.92 Å².